The summed E-state index contributed by atoms with van der Waals surface area (Å²) in [5.74, 6) is 0.000486. The Morgan fingerprint density at radius 1 is 0.958 bits per heavy atom. The Morgan fingerprint density at radius 3 is 2.25 bits per heavy atom. The number of hydrogen-bond acceptors (Lipinski definition) is 3. The van der Waals surface area contributed by atoms with Gasteiger partial charge in [0.2, 0.25) is 0 Å². The van der Waals surface area contributed by atoms with Gasteiger partial charge in [-0.15, -0.1) is 0 Å². The molecule has 0 saturated carbocycles. The van der Waals surface area contributed by atoms with Gasteiger partial charge in [0, 0.05) is 50.5 Å². The van der Waals surface area contributed by atoms with Crippen LogP contribution in [0.1, 0.15) is 22.8 Å². The molecule has 1 amide bonds. The zero-order chi connectivity index (χ0) is 16.8. The van der Waals surface area contributed by atoms with Crippen molar-refractivity contribution in [3.63, 3.8) is 0 Å². The molecule has 4 nitrogen and oxygen atoms in total. The fourth-order valence-corrected chi connectivity index (χ4v) is 3.09. The maximum Gasteiger partial charge on any atom is 0.251 e. The zero-order valence-corrected chi connectivity index (χ0v) is 14.2. The van der Waals surface area contributed by atoms with E-state index in [2.05, 4.69) is 57.6 Å². The lowest BCUT2D eigenvalue weighted by molar-refractivity contribution is 0.0956. The summed E-state index contributed by atoms with van der Waals surface area (Å²) in [6.07, 6.45) is 0. The van der Waals surface area contributed by atoms with E-state index in [-0.39, 0.29) is 5.91 Å². The first kappa shape index (κ1) is 16.5. The van der Waals surface area contributed by atoms with Crippen LogP contribution in [0.25, 0.3) is 0 Å². The Morgan fingerprint density at radius 2 is 1.62 bits per heavy atom. The average Bonchev–Trinajstić information content (AvgIpc) is 2.64. The van der Waals surface area contributed by atoms with Crippen LogP contribution in [0.2, 0.25) is 0 Å². The number of benzene rings is 2. The Balaban J connectivity index is 1.52. The Hall–Kier alpha value is -2.33. The van der Waals surface area contributed by atoms with E-state index in [0.717, 1.165) is 38.3 Å². The maximum atomic E-state index is 11.8. The monoisotopic (exact) mass is 323 g/mol. The number of carbonyl (C=O) groups excluding carboxylic acids is 1. The molecule has 2 aromatic carbocycles. The molecule has 126 valence electrons. The van der Waals surface area contributed by atoms with E-state index in [4.69, 9.17) is 0 Å². The van der Waals surface area contributed by atoms with Crippen molar-refractivity contribution in [1.82, 2.24) is 10.2 Å². The SMILES string of the molecule is CCNC(=O)c1ccc(CN2CCN(c3ccccc3)CC2)cc1. The summed E-state index contributed by atoms with van der Waals surface area (Å²) in [7, 11) is 0. The fourth-order valence-electron chi connectivity index (χ4n) is 3.09. The number of nitrogens with zero attached hydrogens (tertiary/aromatic N) is 2. The second-order valence-corrected chi connectivity index (χ2v) is 6.16. The lowest BCUT2D eigenvalue weighted by Gasteiger charge is -2.36. The van der Waals surface area contributed by atoms with Crippen molar-refractivity contribution in [3.8, 4) is 0 Å². The third-order valence-corrected chi connectivity index (χ3v) is 4.45. The van der Waals surface area contributed by atoms with E-state index in [1.165, 1.54) is 11.3 Å². The summed E-state index contributed by atoms with van der Waals surface area (Å²) < 4.78 is 0. The minimum atomic E-state index is 0.000486. The van der Waals surface area contributed by atoms with Crippen LogP contribution >= 0.6 is 0 Å². The summed E-state index contributed by atoms with van der Waals surface area (Å²) >= 11 is 0. The van der Waals surface area contributed by atoms with Crippen molar-refractivity contribution in [2.75, 3.05) is 37.6 Å². The molecule has 3 rings (SSSR count). The highest BCUT2D eigenvalue weighted by atomic mass is 16.1. The quantitative estimate of drug-likeness (QED) is 0.919. The standard InChI is InChI=1S/C20H25N3O/c1-2-21-20(24)18-10-8-17(9-11-18)16-22-12-14-23(15-13-22)19-6-4-3-5-7-19/h3-11H,2,12-16H2,1H3,(H,21,24). The van der Waals surface area contributed by atoms with Gasteiger partial charge in [0.25, 0.3) is 5.91 Å². The molecule has 1 saturated heterocycles. The van der Waals surface area contributed by atoms with Crippen molar-refractivity contribution < 1.29 is 4.79 Å². The van der Waals surface area contributed by atoms with Crippen molar-refractivity contribution in [3.05, 3.63) is 65.7 Å². The van der Waals surface area contributed by atoms with Crippen molar-refractivity contribution >= 4 is 11.6 Å². The minimum Gasteiger partial charge on any atom is -0.369 e. The van der Waals surface area contributed by atoms with E-state index in [9.17, 15) is 4.79 Å². The molecule has 1 fully saturated rings. The molecule has 24 heavy (non-hydrogen) atoms. The maximum absolute atomic E-state index is 11.8. The number of nitrogens with one attached hydrogen (secondary N) is 1. The molecule has 0 spiro atoms. The van der Waals surface area contributed by atoms with Gasteiger partial charge in [0.15, 0.2) is 0 Å². The van der Waals surface area contributed by atoms with Crippen molar-refractivity contribution in [2.24, 2.45) is 0 Å². The highest BCUT2D eigenvalue weighted by molar-refractivity contribution is 5.94. The molecular weight excluding hydrogens is 298 g/mol. The number of hydrogen-bond donors (Lipinski definition) is 1. The van der Waals surface area contributed by atoms with Crippen LogP contribution in [-0.2, 0) is 6.54 Å². The fraction of sp³-hybridized carbons (Fsp3) is 0.350. The van der Waals surface area contributed by atoms with Crippen LogP contribution in [0.15, 0.2) is 54.6 Å². The molecule has 0 radical (unpaired) electrons. The molecule has 1 aliphatic heterocycles. The smallest absolute Gasteiger partial charge is 0.251 e. The van der Waals surface area contributed by atoms with Gasteiger partial charge in [-0.3, -0.25) is 9.69 Å². The van der Waals surface area contributed by atoms with Gasteiger partial charge in [-0.1, -0.05) is 30.3 Å². The molecule has 1 heterocycles. The van der Waals surface area contributed by atoms with Crippen LogP contribution in [0.3, 0.4) is 0 Å². The molecule has 0 atom stereocenters. The Bertz CT molecular complexity index is 646. The normalized spacial score (nSPS) is 15.3. The van der Waals surface area contributed by atoms with Crippen LogP contribution in [-0.4, -0.2) is 43.5 Å². The molecule has 2 aromatic rings. The molecule has 0 unspecified atom stereocenters. The number of anilines is 1. The summed E-state index contributed by atoms with van der Waals surface area (Å²) in [5.41, 5.74) is 3.30. The average molecular weight is 323 g/mol. The molecule has 0 aromatic heterocycles. The first-order chi connectivity index (χ1) is 11.8. The summed E-state index contributed by atoms with van der Waals surface area (Å²) in [6.45, 7) is 7.77. The Kier molecular flexibility index (Phi) is 5.49. The minimum absolute atomic E-state index is 0.000486. The van der Waals surface area contributed by atoms with Crippen LogP contribution in [0, 0.1) is 0 Å². The van der Waals surface area contributed by atoms with Gasteiger partial charge in [-0.2, -0.15) is 0 Å². The van der Waals surface area contributed by atoms with Crippen molar-refractivity contribution in [2.45, 2.75) is 13.5 Å². The number of para-hydroxylation sites is 1. The molecule has 1 aliphatic rings. The van der Waals surface area contributed by atoms with E-state index < -0.39 is 0 Å². The second-order valence-electron chi connectivity index (χ2n) is 6.16. The van der Waals surface area contributed by atoms with Gasteiger partial charge < -0.3 is 10.2 Å². The summed E-state index contributed by atoms with van der Waals surface area (Å²) in [6, 6.07) is 18.6. The van der Waals surface area contributed by atoms with E-state index in [0.29, 0.717) is 6.54 Å². The van der Waals surface area contributed by atoms with E-state index in [1.54, 1.807) is 0 Å². The lowest BCUT2D eigenvalue weighted by Crippen LogP contribution is -2.45. The number of carbonyl (C=O) groups is 1. The Labute approximate surface area is 144 Å². The first-order valence-corrected chi connectivity index (χ1v) is 8.66. The van der Waals surface area contributed by atoms with Crippen molar-refractivity contribution in [1.29, 1.82) is 0 Å². The molecule has 0 aliphatic carbocycles. The predicted octanol–water partition coefficient (Wildman–Crippen LogP) is 2.76. The number of rotatable bonds is 5. The van der Waals surface area contributed by atoms with Crippen LogP contribution < -0.4 is 10.2 Å². The summed E-state index contributed by atoms with van der Waals surface area (Å²) in [4.78, 5) is 16.7. The topological polar surface area (TPSA) is 35.6 Å². The third kappa shape index (κ3) is 4.15. The molecule has 1 N–H and O–H groups in total. The molecular formula is C20H25N3O. The van der Waals surface area contributed by atoms with Crippen LogP contribution in [0.5, 0.6) is 0 Å². The van der Waals surface area contributed by atoms with Gasteiger partial charge in [-0.05, 0) is 36.8 Å². The van der Waals surface area contributed by atoms with Gasteiger partial charge in [0.1, 0.15) is 0 Å². The second kappa shape index (κ2) is 7.97. The van der Waals surface area contributed by atoms with Gasteiger partial charge >= 0.3 is 0 Å². The van der Waals surface area contributed by atoms with Crippen LogP contribution in [0.4, 0.5) is 5.69 Å². The third-order valence-electron chi connectivity index (χ3n) is 4.45. The lowest BCUT2D eigenvalue weighted by atomic mass is 10.1. The zero-order valence-electron chi connectivity index (χ0n) is 14.2. The van der Waals surface area contributed by atoms with Gasteiger partial charge in [-0.25, -0.2) is 0 Å². The number of piperazine rings is 1. The van der Waals surface area contributed by atoms with Gasteiger partial charge in [0.05, 0.1) is 0 Å². The molecule has 0 bridgehead atoms. The van der Waals surface area contributed by atoms with E-state index >= 15 is 0 Å². The predicted molar refractivity (Wildman–Crippen MR) is 98.4 cm³/mol. The molecule has 4 heteroatoms. The first-order valence-electron chi connectivity index (χ1n) is 8.66. The number of amides is 1. The highest BCUT2D eigenvalue weighted by Crippen LogP contribution is 2.17. The summed E-state index contributed by atoms with van der Waals surface area (Å²) in [5, 5.41) is 2.83. The highest BCUT2D eigenvalue weighted by Gasteiger charge is 2.17. The largest absolute Gasteiger partial charge is 0.369 e. The van der Waals surface area contributed by atoms with E-state index in [1.807, 2.05) is 19.1 Å².